The van der Waals surface area contributed by atoms with Crippen LogP contribution in [0.5, 0.6) is 0 Å². The lowest BCUT2D eigenvalue weighted by atomic mass is 9.96. The Balaban J connectivity index is 1.53. The lowest BCUT2D eigenvalue weighted by Crippen LogP contribution is -2.21. The summed E-state index contributed by atoms with van der Waals surface area (Å²) < 4.78 is 0. The minimum atomic E-state index is -0.0227. The second-order valence-electron chi connectivity index (χ2n) is 15.5. The summed E-state index contributed by atoms with van der Waals surface area (Å²) in [5, 5.41) is 6.03. The number of fused-ring (bicyclic) bond motifs is 1. The van der Waals surface area contributed by atoms with Crippen LogP contribution in [0.3, 0.4) is 0 Å². The summed E-state index contributed by atoms with van der Waals surface area (Å²) in [6.07, 6.45) is 44.5. The highest BCUT2D eigenvalue weighted by Gasteiger charge is 2.20. The molecule has 6 heteroatoms. The standard InChI is InChI=1S/C44H80N4O2/c1-3-5-7-9-11-13-15-17-19-21-23-25-27-29-31-37-41(49)46-43-39-35-33-34-36-40(39)45-44(48-43)47-42(50)38-32-30-28-26-24-22-20-18-16-14-12-10-8-6-4-2/h3-38H2,1-2H3,(H2,45,46,47,48,49,50). The zero-order valence-electron chi connectivity index (χ0n) is 33.2. The third-order valence-electron chi connectivity index (χ3n) is 10.7. The molecule has 0 fully saturated rings. The summed E-state index contributed by atoms with van der Waals surface area (Å²) in [5.41, 5.74) is 2.04. The molecule has 2 rings (SSSR count). The average molecular weight is 697 g/mol. The number of amides is 2. The van der Waals surface area contributed by atoms with Crippen molar-refractivity contribution in [2.24, 2.45) is 0 Å². The number of hydrogen-bond acceptors (Lipinski definition) is 4. The number of nitrogens with one attached hydrogen (secondary N) is 2. The molecule has 2 N–H and O–H groups in total. The molecule has 2 amide bonds. The zero-order valence-corrected chi connectivity index (χ0v) is 33.2. The van der Waals surface area contributed by atoms with E-state index in [2.05, 4.69) is 29.5 Å². The normalized spacial score (nSPS) is 12.6. The van der Waals surface area contributed by atoms with Crippen molar-refractivity contribution in [1.82, 2.24) is 9.97 Å². The van der Waals surface area contributed by atoms with E-state index in [1.807, 2.05) is 0 Å². The summed E-state index contributed by atoms with van der Waals surface area (Å²) in [7, 11) is 0. The van der Waals surface area contributed by atoms with Gasteiger partial charge in [0, 0.05) is 18.4 Å². The van der Waals surface area contributed by atoms with Crippen molar-refractivity contribution in [3.63, 3.8) is 0 Å². The Morgan fingerprint density at radius 3 is 1.18 bits per heavy atom. The van der Waals surface area contributed by atoms with Gasteiger partial charge in [0.15, 0.2) is 0 Å². The molecule has 6 nitrogen and oxygen atoms in total. The lowest BCUT2D eigenvalue weighted by Gasteiger charge is -2.19. The van der Waals surface area contributed by atoms with Gasteiger partial charge in [0.05, 0.1) is 5.69 Å². The van der Waals surface area contributed by atoms with Crippen LogP contribution in [0.2, 0.25) is 0 Å². The number of rotatable bonds is 34. The van der Waals surface area contributed by atoms with Crippen molar-refractivity contribution in [2.45, 2.75) is 245 Å². The van der Waals surface area contributed by atoms with Crippen LogP contribution in [0.1, 0.15) is 243 Å². The van der Waals surface area contributed by atoms with Gasteiger partial charge in [0.2, 0.25) is 17.8 Å². The first-order valence-corrected chi connectivity index (χ1v) is 22.1. The first-order valence-electron chi connectivity index (χ1n) is 22.1. The van der Waals surface area contributed by atoms with Crippen molar-refractivity contribution < 1.29 is 9.59 Å². The fraction of sp³-hybridized carbons (Fsp3) is 0.864. The number of carbonyl (C=O) groups excluding carboxylic acids is 2. The second kappa shape index (κ2) is 31.7. The molecule has 0 bridgehead atoms. The molecule has 0 spiro atoms. The number of hydrogen-bond donors (Lipinski definition) is 2. The molecule has 0 radical (unpaired) electrons. The van der Waals surface area contributed by atoms with Gasteiger partial charge in [-0.05, 0) is 38.5 Å². The van der Waals surface area contributed by atoms with Crippen LogP contribution in [-0.4, -0.2) is 21.8 Å². The quantitative estimate of drug-likeness (QED) is 0.0703. The van der Waals surface area contributed by atoms with Gasteiger partial charge >= 0.3 is 0 Å². The average Bonchev–Trinajstić information content (AvgIpc) is 3.11. The maximum atomic E-state index is 12.9. The van der Waals surface area contributed by atoms with Crippen LogP contribution in [0.15, 0.2) is 0 Å². The highest BCUT2D eigenvalue weighted by atomic mass is 16.2. The van der Waals surface area contributed by atoms with Gasteiger partial charge in [-0.1, -0.05) is 194 Å². The summed E-state index contributed by atoms with van der Waals surface area (Å²) >= 11 is 0. The molecule has 0 atom stereocenters. The number of unbranched alkanes of at least 4 members (excludes halogenated alkanes) is 28. The fourth-order valence-electron chi connectivity index (χ4n) is 7.45. The number of aromatic nitrogens is 2. The fourth-order valence-corrected chi connectivity index (χ4v) is 7.45. The van der Waals surface area contributed by atoms with Crippen LogP contribution in [-0.2, 0) is 22.4 Å². The smallest absolute Gasteiger partial charge is 0.231 e. The van der Waals surface area contributed by atoms with Gasteiger partial charge in [-0.2, -0.15) is 4.98 Å². The Morgan fingerprint density at radius 2 is 0.780 bits per heavy atom. The number of nitrogens with zero attached hydrogens (tertiary/aromatic N) is 2. The van der Waals surface area contributed by atoms with Crippen LogP contribution >= 0.6 is 0 Å². The molecule has 0 saturated carbocycles. The molecule has 0 saturated heterocycles. The number of aryl methyl sites for hydroxylation is 1. The highest BCUT2D eigenvalue weighted by Crippen LogP contribution is 2.27. The molecule has 50 heavy (non-hydrogen) atoms. The Hall–Kier alpha value is -1.98. The van der Waals surface area contributed by atoms with Crippen molar-refractivity contribution in [3.8, 4) is 0 Å². The zero-order chi connectivity index (χ0) is 35.7. The van der Waals surface area contributed by atoms with Crippen LogP contribution in [0.4, 0.5) is 11.8 Å². The highest BCUT2D eigenvalue weighted by molar-refractivity contribution is 5.92. The topological polar surface area (TPSA) is 84.0 Å². The monoisotopic (exact) mass is 697 g/mol. The van der Waals surface area contributed by atoms with Gasteiger partial charge in [-0.15, -0.1) is 0 Å². The van der Waals surface area contributed by atoms with Crippen LogP contribution in [0.25, 0.3) is 0 Å². The molecule has 1 aromatic rings. The molecule has 1 aliphatic carbocycles. The Morgan fingerprint density at radius 1 is 0.440 bits per heavy atom. The summed E-state index contributed by atoms with van der Waals surface area (Å²) in [5.74, 6) is 0.966. The first kappa shape index (κ1) is 44.2. The minimum absolute atomic E-state index is 0.0227. The van der Waals surface area contributed by atoms with E-state index in [4.69, 9.17) is 4.98 Å². The molecule has 0 aromatic carbocycles. The van der Waals surface area contributed by atoms with Crippen LogP contribution in [0, 0.1) is 0 Å². The van der Waals surface area contributed by atoms with E-state index in [9.17, 15) is 9.59 Å². The lowest BCUT2D eigenvalue weighted by molar-refractivity contribution is -0.117. The first-order chi connectivity index (χ1) is 24.6. The molecular weight excluding hydrogens is 617 g/mol. The summed E-state index contributed by atoms with van der Waals surface area (Å²) in [4.78, 5) is 34.9. The van der Waals surface area contributed by atoms with Gasteiger partial charge in [0.25, 0.3) is 0 Å². The van der Waals surface area contributed by atoms with Crippen molar-refractivity contribution in [3.05, 3.63) is 11.3 Å². The summed E-state index contributed by atoms with van der Waals surface area (Å²) in [6.45, 7) is 4.56. The van der Waals surface area contributed by atoms with Crippen molar-refractivity contribution in [1.29, 1.82) is 0 Å². The summed E-state index contributed by atoms with van der Waals surface area (Å²) in [6, 6.07) is 0. The van der Waals surface area contributed by atoms with Gasteiger partial charge in [0.1, 0.15) is 5.82 Å². The van der Waals surface area contributed by atoms with Crippen LogP contribution < -0.4 is 10.6 Å². The largest absolute Gasteiger partial charge is 0.310 e. The Kier molecular flexibility index (Phi) is 28.0. The number of anilines is 2. The van der Waals surface area contributed by atoms with E-state index in [1.54, 1.807) is 0 Å². The molecule has 1 heterocycles. The van der Waals surface area contributed by atoms with Gasteiger partial charge in [-0.3, -0.25) is 14.9 Å². The Bertz CT molecular complexity index is 981. The van der Waals surface area contributed by atoms with Gasteiger partial charge in [-0.25, -0.2) is 4.98 Å². The van der Waals surface area contributed by atoms with E-state index in [-0.39, 0.29) is 11.8 Å². The second-order valence-corrected chi connectivity index (χ2v) is 15.5. The Labute approximate surface area is 309 Å². The molecule has 0 aliphatic heterocycles. The number of carbonyl (C=O) groups is 2. The molecule has 1 aromatic heterocycles. The van der Waals surface area contributed by atoms with E-state index < -0.39 is 0 Å². The SMILES string of the molecule is CCCCCCCCCCCCCCCCCC(=O)Nc1nc2c(c(NC(=O)CCCCCCCCCCCCCCCCC)n1)CCCC2. The van der Waals surface area contributed by atoms with E-state index >= 15 is 0 Å². The van der Waals surface area contributed by atoms with E-state index in [1.165, 1.54) is 167 Å². The van der Waals surface area contributed by atoms with Gasteiger partial charge < -0.3 is 5.32 Å². The molecule has 1 aliphatic rings. The molecule has 0 unspecified atom stereocenters. The van der Waals surface area contributed by atoms with E-state index in [0.29, 0.717) is 24.6 Å². The third kappa shape index (κ3) is 23.5. The molecule has 288 valence electrons. The predicted octanol–water partition coefficient (Wildman–Crippen LogP) is 13.8. The van der Waals surface area contributed by atoms with Crippen molar-refractivity contribution in [2.75, 3.05) is 10.6 Å². The van der Waals surface area contributed by atoms with Crippen molar-refractivity contribution >= 4 is 23.6 Å². The predicted molar refractivity (Wildman–Crippen MR) is 215 cm³/mol. The maximum absolute atomic E-state index is 12.9. The third-order valence-corrected chi connectivity index (χ3v) is 10.7. The molecular formula is C44H80N4O2. The van der Waals surface area contributed by atoms with E-state index in [0.717, 1.165) is 62.6 Å². The maximum Gasteiger partial charge on any atom is 0.231 e. The minimum Gasteiger partial charge on any atom is -0.310 e.